The van der Waals surface area contributed by atoms with E-state index in [2.05, 4.69) is 50.4 Å². The molecule has 3 aromatic rings. The molecule has 1 aromatic heterocycles. The summed E-state index contributed by atoms with van der Waals surface area (Å²) in [6.45, 7) is 3.12. The maximum Gasteiger partial charge on any atom is 0.255 e. The highest BCUT2D eigenvalue weighted by atomic mass is 16.1. The first-order valence-electron chi connectivity index (χ1n) is 10.3. The van der Waals surface area contributed by atoms with E-state index in [4.69, 9.17) is 0 Å². The molecule has 0 radical (unpaired) electrons. The quantitative estimate of drug-likeness (QED) is 0.713. The van der Waals surface area contributed by atoms with Crippen LogP contribution in [-0.2, 0) is 6.42 Å². The maximum absolute atomic E-state index is 12.8. The molecule has 0 spiro atoms. The van der Waals surface area contributed by atoms with Crippen LogP contribution in [0.4, 0.5) is 22.9 Å². The average molecular weight is 384 g/mol. The van der Waals surface area contributed by atoms with Gasteiger partial charge in [0.2, 0.25) is 0 Å². The zero-order valence-electron chi connectivity index (χ0n) is 16.3. The van der Waals surface area contributed by atoms with Gasteiger partial charge in [0.05, 0.1) is 0 Å². The first-order valence-corrected chi connectivity index (χ1v) is 10.3. The number of nitrogens with one attached hydrogen (secondary N) is 1. The molecule has 3 heterocycles. The molecule has 2 aliphatic heterocycles. The molecule has 5 rings (SSSR count). The standard InChI is InChI=1S/C24H24N4O/c29-24(26-20-7-9-21(10-8-20)27-14-3-4-15-27)19-11-13-25-23(17-19)28-16-12-18-5-1-2-6-22(18)28/h1-2,5-11,13,17H,3-4,12,14-16H2,(H,26,29). The van der Waals surface area contributed by atoms with E-state index in [1.807, 2.05) is 24.3 Å². The number of rotatable bonds is 4. The fourth-order valence-electron chi connectivity index (χ4n) is 4.22. The zero-order chi connectivity index (χ0) is 19.6. The molecule has 1 fully saturated rings. The molecule has 2 aromatic carbocycles. The van der Waals surface area contributed by atoms with Crippen molar-refractivity contribution in [2.45, 2.75) is 19.3 Å². The lowest BCUT2D eigenvalue weighted by molar-refractivity contribution is 0.102. The van der Waals surface area contributed by atoms with Crippen molar-refractivity contribution in [3.63, 3.8) is 0 Å². The number of carbonyl (C=O) groups is 1. The SMILES string of the molecule is O=C(Nc1ccc(N2CCCC2)cc1)c1ccnc(N2CCc3ccccc32)c1. The van der Waals surface area contributed by atoms with E-state index in [1.165, 1.54) is 29.8 Å². The second-order valence-electron chi connectivity index (χ2n) is 7.63. The van der Waals surface area contributed by atoms with Crippen LogP contribution in [0.15, 0.2) is 66.9 Å². The first kappa shape index (κ1) is 17.7. The Morgan fingerprint density at radius 1 is 0.931 bits per heavy atom. The van der Waals surface area contributed by atoms with Gasteiger partial charge in [-0.3, -0.25) is 4.79 Å². The Morgan fingerprint density at radius 2 is 1.72 bits per heavy atom. The number of amides is 1. The molecule has 1 amide bonds. The summed E-state index contributed by atoms with van der Waals surface area (Å²) in [7, 11) is 0. The predicted molar refractivity (Wildman–Crippen MR) is 117 cm³/mol. The van der Waals surface area contributed by atoms with Gasteiger partial charge in [-0.1, -0.05) is 18.2 Å². The number of aromatic nitrogens is 1. The molecule has 5 heteroatoms. The largest absolute Gasteiger partial charge is 0.372 e. The predicted octanol–water partition coefficient (Wildman–Crippen LogP) is 4.63. The lowest BCUT2D eigenvalue weighted by Gasteiger charge is -2.19. The molecule has 0 atom stereocenters. The Bertz CT molecular complexity index is 1030. The molecule has 0 aliphatic carbocycles. The number of hydrogen-bond donors (Lipinski definition) is 1. The van der Waals surface area contributed by atoms with Gasteiger partial charge in [-0.25, -0.2) is 4.98 Å². The highest BCUT2D eigenvalue weighted by molar-refractivity contribution is 6.04. The van der Waals surface area contributed by atoms with E-state index in [-0.39, 0.29) is 5.91 Å². The number of anilines is 4. The van der Waals surface area contributed by atoms with Crippen LogP contribution in [0.3, 0.4) is 0 Å². The van der Waals surface area contributed by atoms with Crippen molar-refractivity contribution in [1.29, 1.82) is 0 Å². The highest BCUT2D eigenvalue weighted by Gasteiger charge is 2.21. The number of benzene rings is 2. The monoisotopic (exact) mass is 384 g/mol. The fourth-order valence-corrected chi connectivity index (χ4v) is 4.22. The summed E-state index contributed by atoms with van der Waals surface area (Å²) in [6.07, 6.45) is 5.22. The van der Waals surface area contributed by atoms with Crippen LogP contribution in [0.25, 0.3) is 0 Å². The van der Waals surface area contributed by atoms with Gasteiger partial charge in [0.1, 0.15) is 5.82 Å². The summed E-state index contributed by atoms with van der Waals surface area (Å²) in [4.78, 5) is 21.9. The molecular formula is C24H24N4O. The topological polar surface area (TPSA) is 48.5 Å². The number of nitrogens with zero attached hydrogens (tertiary/aromatic N) is 3. The Balaban J connectivity index is 1.31. The minimum atomic E-state index is -0.116. The second-order valence-corrected chi connectivity index (χ2v) is 7.63. The molecule has 5 nitrogen and oxygen atoms in total. The van der Waals surface area contributed by atoms with Crippen LogP contribution in [-0.4, -0.2) is 30.5 Å². The van der Waals surface area contributed by atoms with Crippen LogP contribution >= 0.6 is 0 Å². The van der Waals surface area contributed by atoms with Crippen LogP contribution in [0.2, 0.25) is 0 Å². The third kappa shape index (κ3) is 3.56. The summed E-state index contributed by atoms with van der Waals surface area (Å²) in [5, 5.41) is 3.01. The van der Waals surface area contributed by atoms with Crippen molar-refractivity contribution < 1.29 is 4.79 Å². The molecular weight excluding hydrogens is 360 g/mol. The molecule has 1 N–H and O–H groups in total. The second kappa shape index (κ2) is 7.59. The number of pyridine rings is 1. The van der Waals surface area contributed by atoms with Gasteiger partial charge in [-0.05, 0) is 67.3 Å². The van der Waals surface area contributed by atoms with Gasteiger partial charge in [0.15, 0.2) is 0 Å². The average Bonchev–Trinajstić information content (AvgIpc) is 3.45. The zero-order valence-corrected chi connectivity index (χ0v) is 16.3. The van der Waals surface area contributed by atoms with Crippen molar-refractivity contribution in [3.05, 3.63) is 78.0 Å². The Kier molecular flexibility index (Phi) is 4.64. The van der Waals surface area contributed by atoms with E-state index < -0.39 is 0 Å². The first-order chi connectivity index (χ1) is 14.3. The third-order valence-corrected chi connectivity index (χ3v) is 5.77. The van der Waals surface area contributed by atoms with Crippen molar-refractivity contribution in [2.75, 3.05) is 34.8 Å². The normalized spacial score (nSPS) is 15.4. The van der Waals surface area contributed by atoms with E-state index in [1.54, 1.807) is 12.3 Å². The maximum atomic E-state index is 12.8. The van der Waals surface area contributed by atoms with Gasteiger partial charge < -0.3 is 15.1 Å². The Hall–Kier alpha value is -3.34. The van der Waals surface area contributed by atoms with E-state index in [0.29, 0.717) is 5.56 Å². The lowest BCUT2D eigenvalue weighted by atomic mass is 10.2. The summed E-state index contributed by atoms with van der Waals surface area (Å²) in [6, 6.07) is 20.1. The number of hydrogen-bond acceptors (Lipinski definition) is 4. The van der Waals surface area contributed by atoms with Crippen LogP contribution in [0.1, 0.15) is 28.8 Å². The number of fused-ring (bicyclic) bond motifs is 1. The van der Waals surface area contributed by atoms with Gasteiger partial charge in [-0.15, -0.1) is 0 Å². The number of carbonyl (C=O) groups excluding carboxylic acids is 1. The molecule has 2 aliphatic rings. The van der Waals surface area contributed by atoms with Gasteiger partial charge in [0, 0.05) is 48.5 Å². The molecule has 29 heavy (non-hydrogen) atoms. The Labute approximate surface area is 171 Å². The fraction of sp³-hybridized carbons (Fsp3) is 0.250. The molecule has 0 unspecified atom stereocenters. The minimum absolute atomic E-state index is 0.116. The molecule has 0 bridgehead atoms. The lowest BCUT2D eigenvalue weighted by Crippen LogP contribution is -2.18. The van der Waals surface area contributed by atoms with Gasteiger partial charge in [0.25, 0.3) is 5.91 Å². The van der Waals surface area contributed by atoms with Crippen molar-refractivity contribution in [2.24, 2.45) is 0 Å². The van der Waals surface area contributed by atoms with Crippen LogP contribution < -0.4 is 15.1 Å². The van der Waals surface area contributed by atoms with Crippen molar-refractivity contribution >= 4 is 28.8 Å². The van der Waals surface area contributed by atoms with Crippen LogP contribution in [0.5, 0.6) is 0 Å². The van der Waals surface area contributed by atoms with Crippen molar-refractivity contribution in [1.82, 2.24) is 4.98 Å². The minimum Gasteiger partial charge on any atom is -0.372 e. The third-order valence-electron chi connectivity index (χ3n) is 5.77. The molecule has 0 saturated carbocycles. The summed E-state index contributed by atoms with van der Waals surface area (Å²) >= 11 is 0. The van der Waals surface area contributed by atoms with E-state index >= 15 is 0 Å². The van der Waals surface area contributed by atoms with Gasteiger partial charge >= 0.3 is 0 Å². The highest BCUT2D eigenvalue weighted by Crippen LogP contribution is 2.33. The smallest absolute Gasteiger partial charge is 0.255 e. The van der Waals surface area contributed by atoms with E-state index in [0.717, 1.165) is 37.6 Å². The molecule has 146 valence electrons. The number of para-hydroxylation sites is 1. The van der Waals surface area contributed by atoms with E-state index in [9.17, 15) is 4.79 Å². The van der Waals surface area contributed by atoms with Crippen molar-refractivity contribution in [3.8, 4) is 0 Å². The summed E-state index contributed by atoms with van der Waals surface area (Å²) in [5.74, 6) is 0.696. The Morgan fingerprint density at radius 3 is 2.55 bits per heavy atom. The summed E-state index contributed by atoms with van der Waals surface area (Å²) in [5.41, 5.74) is 5.14. The van der Waals surface area contributed by atoms with Gasteiger partial charge in [-0.2, -0.15) is 0 Å². The van der Waals surface area contributed by atoms with Crippen LogP contribution in [0, 0.1) is 0 Å². The molecule has 1 saturated heterocycles. The summed E-state index contributed by atoms with van der Waals surface area (Å²) < 4.78 is 0.